The molecule has 1 aromatic carbocycles. The Labute approximate surface area is 108 Å². The van der Waals surface area contributed by atoms with Crippen LogP contribution in [0.3, 0.4) is 0 Å². The van der Waals surface area contributed by atoms with E-state index < -0.39 is 17.5 Å². The van der Waals surface area contributed by atoms with Gasteiger partial charge in [0.25, 0.3) is 0 Å². The maximum atomic E-state index is 14.0. The predicted molar refractivity (Wildman–Crippen MR) is 64.3 cm³/mol. The van der Waals surface area contributed by atoms with Crippen LogP contribution in [0.1, 0.15) is 30.2 Å². The zero-order valence-electron chi connectivity index (χ0n) is 10.3. The lowest BCUT2D eigenvalue weighted by atomic mass is 10.00. The molecule has 5 heteroatoms. The van der Waals surface area contributed by atoms with Crippen molar-refractivity contribution < 1.29 is 17.9 Å². The Hall–Kier alpha value is -1.62. The Bertz CT molecular complexity index is 651. The van der Waals surface area contributed by atoms with Gasteiger partial charge in [-0.2, -0.15) is 0 Å². The lowest BCUT2D eigenvalue weighted by Crippen LogP contribution is -2.03. The predicted octanol–water partition coefficient (Wildman–Crippen LogP) is 3.81. The van der Waals surface area contributed by atoms with E-state index in [2.05, 4.69) is 4.98 Å². The standard InChI is InChI=1S/C14H12F3NO/c1-7-5-8(11-3-2-4-19-11)12-10(18-7)6-9(15)13(16)14(12)17/h5-6,11H,2-4H2,1H3. The number of aromatic nitrogens is 1. The van der Waals surface area contributed by atoms with E-state index in [1.165, 1.54) is 0 Å². The molecule has 0 spiro atoms. The van der Waals surface area contributed by atoms with E-state index in [0.29, 0.717) is 17.9 Å². The molecule has 1 fully saturated rings. The summed E-state index contributed by atoms with van der Waals surface area (Å²) in [5.41, 5.74) is 1.31. The fourth-order valence-corrected chi connectivity index (χ4v) is 2.54. The smallest absolute Gasteiger partial charge is 0.195 e. The number of pyridine rings is 1. The second kappa shape index (κ2) is 4.49. The van der Waals surface area contributed by atoms with Gasteiger partial charge in [-0.05, 0) is 31.4 Å². The number of ether oxygens (including phenoxy) is 1. The van der Waals surface area contributed by atoms with Crippen LogP contribution in [-0.4, -0.2) is 11.6 Å². The van der Waals surface area contributed by atoms with Gasteiger partial charge < -0.3 is 4.74 Å². The van der Waals surface area contributed by atoms with Gasteiger partial charge in [0.05, 0.1) is 11.6 Å². The van der Waals surface area contributed by atoms with Crippen molar-refractivity contribution in [3.05, 3.63) is 40.8 Å². The van der Waals surface area contributed by atoms with Crippen molar-refractivity contribution >= 4 is 10.9 Å². The molecule has 0 N–H and O–H groups in total. The minimum Gasteiger partial charge on any atom is -0.374 e. The van der Waals surface area contributed by atoms with Gasteiger partial charge >= 0.3 is 0 Å². The maximum Gasteiger partial charge on any atom is 0.195 e. The van der Waals surface area contributed by atoms with Crippen molar-refractivity contribution in [2.24, 2.45) is 0 Å². The molecule has 1 saturated heterocycles. The Balaban J connectivity index is 2.33. The van der Waals surface area contributed by atoms with Crippen molar-refractivity contribution in [1.82, 2.24) is 4.98 Å². The van der Waals surface area contributed by atoms with Crippen LogP contribution in [-0.2, 0) is 4.74 Å². The molecule has 100 valence electrons. The maximum absolute atomic E-state index is 14.0. The second-order valence-corrected chi connectivity index (χ2v) is 4.74. The highest BCUT2D eigenvalue weighted by Gasteiger charge is 2.25. The van der Waals surface area contributed by atoms with Crippen LogP contribution in [0.2, 0.25) is 0 Å². The molecule has 2 nitrogen and oxygen atoms in total. The summed E-state index contributed by atoms with van der Waals surface area (Å²) in [6.07, 6.45) is 1.35. The normalized spacial score (nSPS) is 19.3. The average Bonchev–Trinajstić information content (AvgIpc) is 2.88. The van der Waals surface area contributed by atoms with Gasteiger partial charge in [-0.25, -0.2) is 13.2 Å². The van der Waals surface area contributed by atoms with E-state index in [0.717, 1.165) is 18.9 Å². The summed E-state index contributed by atoms with van der Waals surface area (Å²) in [6.45, 7) is 2.33. The summed E-state index contributed by atoms with van der Waals surface area (Å²) in [6, 6.07) is 2.61. The highest BCUT2D eigenvalue weighted by molar-refractivity contribution is 5.83. The van der Waals surface area contributed by atoms with E-state index in [4.69, 9.17) is 4.74 Å². The van der Waals surface area contributed by atoms with Crippen molar-refractivity contribution in [2.75, 3.05) is 6.61 Å². The van der Waals surface area contributed by atoms with Gasteiger partial charge in [-0.1, -0.05) is 0 Å². The first kappa shape index (κ1) is 12.4. The van der Waals surface area contributed by atoms with Gasteiger partial charge in [0.15, 0.2) is 17.5 Å². The van der Waals surface area contributed by atoms with Crippen LogP contribution in [0.4, 0.5) is 13.2 Å². The molecule has 0 amide bonds. The minimum absolute atomic E-state index is 0.0244. The van der Waals surface area contributed by atoms with Crippen LogP contribution in [0.15, 0.2) is 12.1 Å². The summed E-state index contributed by atoms with van der Waals surface area (Å²) < 4.78 is 46.2. The quantitative estimate of drug-likeness (QED) is 0.733. The van der Waals surface area contributed by atoms with Gasteiger partial charge in [0, 0.05) is 23.8 Å². The Morgan fingerprint density at radius 3 is 2.68 bits per heavy atom. The van der Waals surface area contributed by atoms with E-state index in [1.807, 2.05) is 0 Å². The molecule has 0 bridgehead atoms. The molecule has 1 aliphatic heterocycles. The zero-order valence-corrected chi connectivity index (χ0v) is 10.3. The number of aryl methyl sites for hydroxylation is 1. The highest BCUT2D eigenvalue weighted by Crippen LogP contribution is 2.35. The third kappa shape index (κ3) is 1.98. The van der Waals surface area contributed by atoms with Crippen molar-refractivity contribution in [3.8, 4) is 0 Å². The number of benzene rings is 1. The van der Waals surface area contributed by atoms with Crippen LogP contribution in [0.5, 0.6) is 0 Å². The first-order valence-corrected chi connectivity index (χ1v) is 6.14. The number of nitrogens with zero attached hydrogens (tertiary/aromatic N) is 1. The molecule has 0 radical (unpaired) electrons. The Morgan fingerprint density at radius 1 is 1.21 bits per heavy atom. The molecule has 1 aromatic heterocycles. The third-order valence-corrected chi connectivity index (χ3v) is 3.37. The summed E-state index contributed by atoms with van der Waals surface area (Å²) in [4.78, 5) is 4.07. The van der Waals surface area contributed by atoms with Gasteiger partial charge in [-0.15, -0.1) is 0 Å². The van der Waals surface area contributed by atoms with Crippen LogP contribution in [0, 0.1) is 24.4 Å². The molecular formula is C14H12F3NO. The van der Waals surface area contributed by atoms with E-state index in [-0.39, 0.29) is 17.0 Å². The lowest BCUT2D eigenvalue weighted by Gasteiger charge is -2.14. The van der Waals surface area contributed by atoms with Crippen molar-refractivity contribution in [3.63, 3.8) is 0 Å². The molecule has 2 heterocycles. The number of hydrogen-bond acceptors (Lipinski definition) is 2. The Kier molecular flexibility index (Phi) is 2.93. The summed E-state index contributed by atoms with van der Waals surface area (Å²) in [5.74, 6) is -3.87. The first-order chi connectivity index (χ1) is 9.08. The molecular weight excluding hydrogens is 255 g/mol. The second-order valence-electron chi connectivity index (χ2n) is 4.74. The highest BCUT2D eigenvalue weighted by atomic mass is 19.2. The van der Waals surface area contributed by atoms with Gasteiger partial charge in [0.2, 0.25) is 0 Å². The van der Waals surface area contributed by atoms with E-state index in [1.54, 1.807) is 13.0 Å². The van der Waals surface area contributed by atoms with Gasteiger partial charge in [0.1, 0.15) is 0 Å². The van der Waals surface area contributed by atoms with Crippen LogP contribution >= 0.6 is 0 Å². The van der Waals surface area contributed by atoms with Gasteiger partial charge in [-0.3, -0.25) is 4.98 Å². The fourth-order valence-electron chi connectivity index (χ4n) is 2.54. The topological polar surface area (TPSA) is 22.1 Å². The summed E-state index contributed by atoms with van der Waals surface area (Å²) >= 11 is 0. The number of hydrogen-bond donors (Lipinski definition) is 0. The summed E-state index contributed by atoms with van der Waals surface area (Å²) in [5, 5.41) is 0.0244. The largest absolute Gasteiger partial charge is 0.374 e. The summed E-state index contributed by atoms with van der Waals surface area (Å²) in [7, 11) is 0. The van der Waals surface area contributed by atoms with Crippen molar-refractivity contribution in [1.29, 1.82) is 0 Å². The first-order valence-electron chi connectivity index (χ1n) is 6.14. The SMILES string of the molecule is Cc1cc(C2CCCO2)c2c(F)c(F)c(F)cc2n1. The lowest BCUT2D eigenvalue weighted by molar-refractivity contribution is 0.113. The molecule has 0 aliphatic carbocycles. The molecule has 2 aromatic rings. The monoisotopic (exact) mass is 267 g/mol. The molecule has 3 rings (SSSR count). The fraction of sp³-hybridized carbons (Fsp3) is 0.357. The molecule has 19 heavy (non-hydrogen) atoms. The number of fused-ring (bicyclic) bond motifs is 1. The number of rotatable bonds is 1. The molecule has 1 aliphatic rings. The number of halogens is 3. The third-order valence-electron chi connectivity index (χ3n) is 3.37. The van der Waals surface area contributed by atoms with Crippen LogP contribution < -0.4 is 0 Å². The van der Waals surface area contributed by atoms with E-state index in [9.17, 15) is 13.2 Å². The molecule has 0 saturated carbocycles. The zero-order chi connectivity index (χ0) is 13.6. The minimum atomic E-state index is -1.46. The van der Waals surface area contributed by atoms with Crippen LogP contribution in [0.25, 0.3) is 10.9 Å². The van der Waals surface area contributed by atoms with E-state index >= 15 is 0 Å². The molecule has 1 atom stereocenters. The Morgan fingerprint density at radius 2 is 2.00 bits per heavy atom. The van der Waals surface area contributed by atoms with Crippen molar-refractivity contribution in [2.45, 2.75) is 25.9 Å². The molecule has 1 unspecified atom stereocenters. The average molecular weight is 267 g/mol.